The molecule has 2 atom stereocenters. The van der Waals surface area contributed by atoms with Gasteiger partial charge in [-0.2, -0.15) is 0 Å². The van der Waals surface area contributed by atoms with Crippen molar-refractivity contribution < 1.29 is 0 Å². The van der Waals surface area contributed by atoms with Crippen LogP contribution in [0.25, 0.3) is 0 Å². The van der Waals surface area contributed by atoms with Crippen molar-refractivity contribution in [3.05, 3.63) is 35.4 Å². The summed E-state index contributed by atoms with van der Waals surface area (Å²) in [4.78, 5) is 0. The van der Waals surface area contributed by atoms with E-state index in [9.17, 15) is 0 Å². The van der Waals surface area contributed by atoms with Gasteiger partial charge in [0.15, 0.2) is 0 Å². The number of hydrogen-bond donors (Lipinski definition) is 2. The van der Waals surface area contributed by atoms with E-state index in [1.165, 1.54) is 17.5 Å². The minimum atomic E-state index is -0.150. The molecule has 0 aliphatic carbocycles. The Labute approximate surface area is 112 Å². The van der Waals surface area contributed by atoms with Crippen LogP contribution >= 0.6 is 0 Å². The molecule has 2 unspecified atom stereocenters. The fourth-order valence-corrected chi connectivity index (χ4v) is 2.21. The maximum Gasteiger partial charge on any atom is 0.0334 e. The van der Waals surface area contributed by atoms with Crippen LogP contribution in [-0.4, -0.2) is 12.6 Å². The zero-order chi connectivity index (χ0) is 13.8. The van der Waals surface area contributed by atoms with E-state index >= 15 is 0 Å². The normalized spacial score (nSPS) is 15.4. The van der Waals surface area contributed by atoms with Gasteiger partial charge >= 0.3 is 0 Å². The van der Waals surface area contributed by atoms with Crippen molar-refractivity contribution in [3.63, 3.8) is 0 Å². The number of nitrogens with two attached hydrogens (primary N) is 1. The molecule has 3 N–H and O–H groups in total. The molecule has 0 aliphatic heterocycles. The van der Waals surface area contributed by atoms with Gasteiger partial charge in [-0.25, -0.2) is 0 Å². The second-order valence-electron chi connectivity index (χ2n) is 6.01. The third-order valence-electron chi connectivity index (χ3n) is 3.60. The summed E-state index contributed by atoms with van der Waals surface area (Å²) in [6.07, 6.45) is 2.12. The first-order valence-corrected chi connectivity index (χ1v) is 6.93. The first-order valence-electron chi connectivity index (χ1n) is 6.93. The SMILES string of the molecule is CCC(C)c1ccc(C(CC(C)(C)N)NC)cc1. The molecule has 1 rings (SSSR count). The van der Waals surface area contributed by atoms with Crippen LogP contribution < -0.4 is 11.1 Å². The Morgan fingerprint density at radius 1 is 1.17 bits per heavy atom. The van der Waals surface area contributed by atoms with Crippen molar-refractivity contribution in [1.82, 2.24) is 5.32 Å². The molecule has 18 heavy (non-hydrogen) atoms. The predicted octanol–water partition coefficient (Wildman–Crippen LogP) is 3.59. The van der Waals surface area contributed by atoms with Crippen molar-refractivity contribution in [2.75, 3.05) is 7.05 Å². The monoisotopic (exact) mass is 248 g/mol. The van der Waals surface area contributed by atoms with Crippen molar-refractivity contribution >= 4 is 0 Å². The van der Waals surface area contributed by atoms with Crippen LogP contribution in [0.3, 0.4) is 0 Å². The highest BCUT2D eigenvalue weighted by atomic mass is 14.9. The lowest BCUT2D eigenvalue weighted by Crippen LogP contribution is -2.36. The molecule has 0 radical (unpaired) electrons. The van der Waals surface area contributed by atoms with Crippen LogP contribution in [0.1, 0.15) is 63.6 Å². The van der Waals surface area contributed by atoms with Gasteiger partial charge in [-0.15, -0.1) is 0 Å². The van der Waals surface area contributed by atoms with Crippen LogP contribution in [0.4, 0.5) is 0 Å². The van der Waals surface area contributed by atoms with Gasteiger partial charge in [-0.05, 0) is 50.8 Å². The van der Waals surface area contributed by atoms with E-state index in [1.807, 2.05) is 7.05 Å². The van der Waals surface area contributed by atoms with Crippen LogP contribution in [0.5, 0.6) is 0 Å². The minimum absolute atomic E-state index is 0.150. The summed E-state index contributed by atoms with van der Waals surface area (Å²) >= 11 is 0. The highest BCUT2D eigenvalue weighted by Gasteiger charge is 2.19. The highest BCUT2D eigenvalue weighted by molar-refractivity contribution is 5.27. The van der Waals surface area contributed by atoms with Gasteiger partial charge in [0.05, 0.1) is 0 Å². The zero-order valence-corrected chi connectivity index (χ0v) is 12.5. The summed E-state index contributed by atoms with van der Waals surface area (Å²) in [5.41, 5.74) is 8.70. The third-order valence-corrected chi connectivity index (χ3v) is 3.60. The van der Waals surface area contributed by atoms with Gasteiger partial charge in [0.1, 0.15) is 0 Å². The molecule has 0 spiro atoms. The Bertz CT molecular complexity index is 348. The van der Waals surface area contributed by atoms with E-state index in [-0.39, 0.29) is 5.54 Å². The molecule has 0 bridgehead atoms. The van der Waals surface area contributed by atoms with Gasteiger partial charge in [-0.1, -0.05) is 38.1 Å². The second kappa shape index (κ2) is 6.35. The first kappa shape index (κ1) is 15.2. The van der Waals surface area contributed by atoms with Gasteiger partial charge < -0.3 is 11.1 Å². The van der Waals surface area contributed by atoms with E-state index in [2.05, 4.69) is 57.3 Å². The summed E-state index contributed by atoms with van der Waals surface area (Å²) in [5.74, 6) is 0.637. The highest BCUT2D eigenvalue weighted by Crippen LogP contribution is 2.25. The molecule has 0 amide bonds. The van der Waals surface area contributed by atoms with Crippen LogP contribution in [-0.2, 0) is 0 Å². The second-order valence-corrected chi connectivity index (χ2v) is 6.01. The molecule has 102 valence electrons. The Kier molecular flexibility index (Phi) is 5.36. The van der Waals surface area contributed by atoms with E-state index in [0.29, 0.717) is 12.0 Å². The molecular weight excluding hydrogens is 220 g/mol. The van der Waals surface area contributed by atoms with Crippen LogP contribution in [0.15, 0.2) is 24.3 Å². The molecule has 2 heteroatoms. The average molecular weight is 248 g/mol. The Hall–Kier alpha value is -0.860. The first-order chi connectivity index (χ1) is 8.37. The van der Waals surface area contributed by atoms with Crippen molar-refractivity contribution in [2.45, 2.75) is 58.0 Å². The maximum absolute atomic E-state index is 6.11. The van der Waals surface area contributed by atoms with E-state index in [1.54, 1.807) is 0 Å². The molecule has 0 heterocycles. The summed E-state index contributed by atoms with van der Waals surface area (Å²) in [5, 5.41) is 3.36. The van der Waals surface area contributed by atoms with Gasteiger partial charge in [0, 0.05) is 11.6 Å². The Morgan fingerprint density at radius 3 is 2.06 bits per heavy atom. The topological polar surface area (TPSA) is 38.0 Å². The van der Waals surface area contributed by atoms with Gasteiger partial charge in [-0.3, -0.25) is 0 Å². The lowest BCUT2D eigenvalue weighted by atomic mass is 9.90. The predicted molar refractivity (Wildman–Crippen MR) is 79.8 cm³/mol. The molecule has 2 nitrogen and oxygen atoms in total. The fourth-order valence-electron chi connectivity index (χ4n) is 2.21. The lowest BCUT2D eigenvalue weighted by Gasteiger charge is -2.26. The molecule has 1 aromatic rings. The smallest absolute Gasteiger partial charge is 0.0334 e. The van der Waals surface area contributed by atoms with Gasteiger partial charge in [0.2, 0.25) is 0 Å². The molecule has 1 aromatic carbocycles. The standard InChI is InChI=1S/C16H28N2/c1-6-12(2)13-7-9-14(10-8-13)15(18-5)11-16(3,4)17/h7-10,12,15,18H,6,11,17H2,1-5H3. The Balaban J connectivity index is 2.82. The maximum atomic E-state index is 6.11. The molecule has 0 saturated heterocycles. The number of nitrogens with one attached hydrogen (secondary N) is 1. The van der Waals surface area contributed by atoms with Crippen molar-refractivity contribution in [2.24, 2.45) is 5.73 Å². The quantitative estimate of drug-likeness (QED) is 0.807. The molecule has 0 saturated carbocycles. The minimum Gasteiger partial charge on any atom is -0.325 e. The summed E-state index contributed by atoms with van der Waals surface area (Å²) < 4.78 is 0. The summed E-state index contributed by atoms with van der Waals surface area (Å²) in [6.45, 7) is 8.65. The van der Waals surface area contributed by atoms with E-state index in [4.69, 9.17) is 5.73 Å². The average Bonchev–Trinajstić information content (AvgIpc) is 2.34. The molecule has 0 fully saturated rings. The van der Waals surface area contributed by atoms with Crippen LogP contribution in [0, 0.1) is 0 Å². The lowest BCUT2D eigenvalue weighted by molar-refractivity contribution is 0.396. The molecule has 0 aliphatic rings. The van der Waals surface area contributed by atoms with E-state index < -0.39 is 0 Å². The van der Waals surface area contributed by atoms with E-state index in [0.717, 1.165) is 6.42 Å². The van der Waals surface area contributed by atoms with Gasteiger partial charge in [0.25, 0.3) is 0 Å². The molecular formula is C16H28N2. The third kappa shape index (κ3) is 4.43. The van der Waals surface area contributed by atoms with Crippen molar-refractivity contribution in [1.29, 1.82) is 0 Å². The zero-order valence-electron chi connectivity index (χ0n) is 12.5. The number of hydrogen-bond acceptors (Lipinski definition) is 2. The summed E-state index contributed by atoms with van der Waals surface area (Å²) in [6, 6.07) is 9.29. The van der Waals surface area contributed by atoms with Crippen LogP contribution in [0.2, 0.25) is 0 Å². The largest absolute Gasteiger partial charge is 0.325 e. The summed E-state index contributed by atoms with van der Waals surface area (Å²) in [7, 11) is 2.00. The number of rotatable bonds is 6. The van der Waals surface area contributed by atoms with Crippen molar-refractivity contribution in [3.8, 4) is 0 Å². The fraction of sp³-hybridized carbons (Fsp3) is 0.625. The Morgan fingerprint density at radius 2 is 1.67 bits per heavy atom. The molecule has 0 aromatic heterocycles. The number of benzene rings is 1.